The summed E-state index contributed by atoms with van der Waals surface area (Å²) in [4.78, 5) is 0. The Morgan fingerprint density at radius 1 is 1.31 bits per heavy atom. The number of benzene rings is 1. The number of halogens is 3. The van der Waals surface area contributed by atoms with Crippen LogP contribution in [0.2, 0.25) is 15.1 Å². The summed E-state index contributed by atoms with van der Waals surface area (Å²) in [6.07, 6.45) is 0. The molecule has 13 heavy (non-hydrogen) atoms. The van der Waals surface area contributed by atoms with Gasteiger partial charge in [-0.3, -0.25) is 0 Å². The van der Waals surface area contributed by atoms with E-state index < -0.39 is 0 Å². The summed E-state index contributed by atoms with van der Waals surface area (Å²) >= 11 is 17.7. The Hall–Kier alpha value is -0.150. The fraction of sp³-hybridized carbons (Fsp3) is 0.250. The van der Waals surface area contributed by atoms with E-state index in [1.54, 1.807) is 6.07 Å². The standard InChI is InChI=1S/C8H6Cl3NO/c9-3-1-4(10)8-6(7(3)11)5(12)2-13-8/h1,5H,2,12H2. The summed E-state index contributed by atoms with van der Waals surface area (Å²) in [5.41, 5.74) is 6.47. The average Bonchev–Trinajstić information content (AvgIpc) is 2.44. The van der Waals surface area contributed by atoms with Crippen molar-refractivity contribution >= 4 is 34.8 Å². The van der Waals surface area contributed by atoms with Gasteiger partial charge in [0, 0.05) is 5.56 Å². The molecule has 0 fully saturated rings. The molecule has 0 saturated heterocycles. The van der Waals surface area contributed by atoms with Crippen molar-refractivity contribution < 1.29 is 4.74 Å². The predicted molar refractivity (Wildman–Crippen MR) is 53.9 cm³/mol. The van der Waals surface area contributed by atoms with Crippen LogP contribution in [0.4, 0.5) is 0 Å². The zero-order chi connectivity index (χ0) is 9.59. The van der Waals surface area contributed by atoms with Crippen molar-refractivity contribution in [1.29, 1.82) is 0 Å². The van der Waals surface area contributed by atoms with E-state index in [0.717, 1.165) is 0 Å². The van der Waals surface area contributed by atoms with Crippen molar-refractivity contribution in [3.05, 3.63) is 26.7 Å². The molecule has 1 heterocycles. The number of ether oxygens (including phenoxy) is 1. The van der Waals surface area contributed by atoms with Gasteiger partial charge < -0.3 is 10.5 Å². The molecular weight excluding hydrogens is 232 g/mol. The minimum absolute atomic E-state index is 0.237. The summed E-state index contributed by atoms with van der Waals surface area (Å²) in [5, 5.41) is 1.30. The third kappa shape index (κ3) is 1.38. The number of hydrogen-bond acceptors (Lipinski definition) is 2. The lowest BCUT2D eigenvalue weighted by Gasteiger charge is -2.06. The molecule has 0 bridgehead atoms. The number of fused-ring (bicyclic) bond motifs is 1. The molecule has 0 spiro atoms. The van der Waals surface area contributed by atoms with Gasteiger partial charge in [0.15, 0.2) is 0 Å². The Labute approximate surface area is 90.5 Å². The maximum absolute atomic E-state index is 5.95. The van der Waals surface area contributed by atoms with Crippen LogP contribution in [0.3, 0.4) is 0 Å². The van der Waals surface area contributed by atoms with E-state index in [2.05, 4.69) is 0 Å². The first-order chi connectivity index (χ1) is 6.11. The molecule has 1 aliphatic rings. The maximum Gasteiger partial charge on any atom is 0.144 e. The zero-order valence-corrected chi connectivity index (χ0v) is 8.75. The zero-order valence-electron chi connectivity index (χ0n) is 6.48. The highest BCUT2D eigenvalue weighted by atomic mass is 35.5. The Balaban J connectivity index is 2.70. The maximum atomic E-state index is 5.95. The van der Waals surface area contributed by atoms with Gasteiger partial charge in [-0.1, -0.05) is 34.8 Å². The van der Waals surface area contributed by atoms with Gasteiger partial charge in [0.25, 0.3) is 0 Å². The molecule has 1 aromatic carbocycles. The third-order valence-corrected chi connectivity index (χ3v) is 3.02. The van der Waals surface area contributed by atoms with Crippen molar-refractivity contribution in [3.63, 3.8) is 0 Å². The molecular formula is C8H6Cl3NO. The van der Waals surface area contributed by atoms with Gasteiger partial charge in [0.05, 0.1) is 21.1 Å². The van der Waals surface area contributed by atoms with Gasteiger partial charge in [-0.15, -0.1) is 0 Å². The molecule has 0 aliphatic carbocycles. The van der Waals surface area contributed by atoms with Crippen LogP contribution in [0.1, 0.15) is 11.6 Å². The molecule has 2 nitrogen and oxygen atoms in total. The van der Waals surface area contributed by atoms with E-state index in [1.165, 1.54) is 0 Å². The van der Waals surface area contributed by atoms with Crippen molar-refractivity contribution in [2.24, 2.45) is 5.73 Å². The molecule has 1 aromatic rings. The summed E-state index contributed by atoms with van der Waals surface area (Å²) in [6.45, 7) is 0.398. The van der Waals surface area contributed by atoms with Crippen molar-refractivity contribution in [3.8, 4) is 5.75 Å². The molecule has 2 rings (SSSR count). The van der Waals surface area contributed by atoms with Gasteiger partial charge in [-0.2, -0.15) is 0 Å². The van der Waals surface area contributed by atoms with E-state index in [9.17, 15) is 0 Å². The summed E-state index contributed by atoms with van der Waals surface area (Å²) in [5.74, 6) is 0.559. The van der Waals surface area contributed by atoms with Gasteiger partial charge >= 0.3 is 0 Å². The van der Waals surface area contributed by atoms with Crippen LogP contribution in [-0.4, -0.2) is 6.61 Å². The van der Waals surface area contributed by atoms with Crippen LogP contribution in [0.15, 0.2) is 6.07 Å². The molecule has 0 amide bonds. The topological polar surface area (TPSA) is 35.2 Å². The Morgan fingerprint density at radius 2 is 2.00 bits per heavy atom. The first-order valence-corrected chi connectivity index (χ1v) is 4.80. The second-order valence-corrected chi connectivity index (χ2v) is 4.01. The molecule has 5 heteroatoms. The first kappa shape index (κ1) is 9.41. The smallest absolute Gasteiger partial charge is 0.144 e. The van der Waals surface area contributed by atoms with E-state index in [0.29, 0.717) is 33.0 Å². The second-order valence-electron chi connectivity index (χ2n) is 2.81. The summed E-state index contributed by atoms with van der Waals surface area (Å²) in [6, 6.07) is 1.32. The fourth-order valence-electron chi connectivity index (χ4n) is 1.33. The molecule has 2 N–H and O–H groups in total. The molecule has 70 valence electrons. The Morgan fingerprint density at radius 3 is 2.69 bits per heavy atom. The average molecular weight is 239 g/mol. The minimum Gasteiger partial charge on any atom is -0.490 e. The third-order valence-electron chi connectivity index (χ3n) is 1.94. The van der Waals surface area contributed by atoms with Crippen LogP contribution >= 0.6 is 34.8 Å². The molecule has 0 saturated carbocycles. The van der Waals surface area contributed by atoms with Gasteiger partial charge in [-0.25, -0.2) is 0 Å². The fourth-order valence-corrected chi connectivity index (χ4v) is 2.14. The van der Waals surface area contributed by atoms with E-state index in [1.807, 2.05) is 0 Å². The van der Waals surface area contributed by atoms with Gasteiger partial charge in [-0.05, 0) is 6.07 Å². The van der Waals surface area contributed by atoms with E-state index >= 15 is 0 Å². The van der Waals surface area contributed by atoms with Crippen LogP contribution < -0.4 is 10.5 Å². The van der Waals surface area contributed by atoms with E-state index in [4.69, 9.17) is 45.3 Å². The molecule has 1 atom stereocenters. The van der Waals surface area contributed by atoms with Gasteiger partial charge in [0.2, 0.25) is 0 Å². The molecule has 1 unspecified atom stereocenters. The summed E-state index contributed by atoms with van der Waals surface area (Å²) < 4.78 is 5.28. The van der Waals surface area contributed by atoms with Crippen LogP contribution in [-0.2, 0) is 0 Å². The molecule has 1 aliphatic heterocycles. The largest absolute Gasteiger partial charge is 0.490 e. The Bertz CT molecular complexity index is 367. The van der Waals surface area contributed by atoms with Crippen LogP contribution in [0, 0.1) is 0 Å². The SMILES string of the molecule is NC1COc2c(Cl)cc(Cl)c(Cl)c21. The Kier molecular flexibility index (Phi) is 2.32. The lowest BCUT2D eigenvalue weighted by molar-refractivity contribution is 0.333. The second kappa shape index (κ2) is 3.21. The molecule has 0 aromatic heterocycles. The minimum atomic E-state index is -0.237. The monoisotopic (exact) mass is 237 g/mol. The highest BCUT2D eigenvalue weighted by Gasteiger charge is 2.27. The van der Waals surface area contributed by atoms with Crippen molar-refractivity contribution in [2.75, 3.05) is 6.61 Å². The summed E-state index contributed by atoms with van der Waals surface area (Å²) in [7, 11) is 0. The quantitative estimate of drug-likeness (QED) is 0.705. The van der Waals surface area contributed by atoms with Gasteiger partial charge in [0.1, 0.15) is 12.4 Å². The number of hydrogen-bond donors (Lipinski definition) is 1. The number of nitrogens with two attached hydrogens (primary N) is 1. The number of rotatable bonds is 0. The lowest BCUT2D eigenvalue weighted by Crippen LogP contribution is -2.11. The normalized spacial score (nSPS) is 19.8. The van der Waals surface area contributed by atoms with Crippen LogP contribution in [0.5, 0.6) is 5.75 Å². The van der Waals surface area contributed by atoms with Crippen molar-refractivity contribution in [2.45, 2.75) is 6.04 Å². The van der Waals surface area contributed by atoms with Crippen LogP contribution in [0.25, 0.3) is 0 Å². The molecule has 0 radical (unpaired) electrons. The highest BCUT2D eigenvalue weighted by Crippen LogP contribution is 2.45. The van der Waals surface area contributed by atoms with E-state index in [-0.39, 0.29) is 6.04 Å². The highest BCUT2D eigenvalue weighted by molar-refractivity contribution is 6.44. The predicted octanol–water partition coefficient (Wildman–Crippen LogP) is 3.04. The van der Waals surface area contributed by atoms with Crippen molar-refractivity contribution in [1.82, 2.24) is 0 Å². The first-order valence-electron chi connectivity index (χ1n) is 3.67. The lowest BCUT2D eigenvalue weighted by atomic mass is 10.1.